The van der Waals surface area contributed by atoms with Crippen LogP contribution in [0.2, 0.25) is 0 Å². The maximum Gasteiger partial charge on any atom is 0.159 e. The van der Waals surface area contributed by atoms with Crippen LogP contribution in [-0.2, 0) is 13.7 Å². The summed E-state index contributed by atoms with van der Waals surface area (Å²) in [5.74, 6) is 0.883. The fourth-order valence-electron chi connectivity index (χ4n) is 2.04. The van der Waals surface area contributed by atoms with Crippen molar-refractivity contribution in [2.24, 2.45) is 7.05 Å². The van der Waals surface area contributed by atoms with Gasteiger partial charge in [0.1, 0.15) is 11.3 Å². The third-order valence-corrected chi connectivity index (χ3v) is 3.02. The lowest BCUT2D eigenvalue weighted by atomic mass is 10.1. The number of aliphatic hydroxyl groups excluding tert-OH is 1. The average Bonchev–Trinajstić information content (AvgIpc) is 2.77. The smallest absolute Gasteiger partial charge is 0.159 e. The number of benzene rings is 1. The zero-order valence-corrected chi connectivity index (χ0v) is 10.0. The van der Waals surface area contributed by atoms with Crippen LogP contribution in [-0.4, -0.2) is 19.6 Å². The van der Waals surface area contributed by atoms with E-state index in [0.29, 0.717) is 0 Å². The molecule has 0 aliphatic carbocycles. The third kappa shape index (κ3) is 1.67. The number of hydrogen-bond acceptors (Lipinski definition) is 3. The summed E-state index contributed by atoms with van der Waals surface area (Å²) in [6.07, 6.45) is 1.77. The van der Waals surface area contributed by atoms with Gasteiger partial charge in [-0.3, -0.25) is 0 Å². The molecule has 1 N–H and O–H groups in total. The minimum atomic E-state index is 0.0599. The summed E-state index contributed by atoms with van der Waals surface area (Å²) < 4.78 is 1.98. The Kier molecular flexibility index (Phi) is 2.57. The number of pyridine rings is 1. The van der Waals surface area contributed by atoms with E-state index in [1.807, 2.05) is 48.0 Å². The highest BCUT2D eigenvalue weighted by molar-refractivity contribution is 5.76. The highest BCUT2D eigenvalue weighted by Gasteiger charge is 2.09. The molecule has 4 nitrogen and oxygen atoms in total. The molecule has 0 saturated heterocycles. The summed E-state index contributed by atoms with van der Waals surface area (Å²) in [6, 6.07) is 11.6. The monoisotopic (exact) mass is 239 g/mol. The van der Waals surface area contributed by atoms with E-state index in [-0.39, 0.29) is 6.61 Å². The second kappa shape index (κ2) is 4.23. The molecule has 0 unspecified atom stereocenters. The summed E-state index contributed by atoms with van der Waals surface area (Å²) in [7, 11) is 1.96. The van der Waals surface area contributed by atoms with Crippen molar-refractivity contribution in [2.45, 2.75) is 6.61 Å². The van der Waals surface area contributed by atoms with Gasteiger partial charge >= 0.3 is 0 Å². The van der Waals surface area contributed by atoms with Crippen molar-refractivity contribution < 1.29 is 5.11 Å². The van der Waals surface area contributed by atoms with E-state index in [9.17, 15) is 0 Å². The molecule has 90 valence electrons. The molecule has 0 spiro atoms. The number of hydrogen-bond donors (Lipinski definition) is 1. The minimum Gasteiger partial charge on any atom is -0.392 e. The predicted octanol–water partition coefficient (Wildman–Crippen LogP) is 2.13. The van der Waals surface area contributed by atoms with E-state index in [1.165, 1.54) is 0 Å². The lowest BCUT2D eigenvalue weighted by Crippen LogP contribution is -1.94. The predicted molar refractivity (Wildman–Crippen MR) is 69.9 cm³/mol. The molecule has 0 bridgehead atoms. The Labute approximate surface area is 105 Å². The Morgan fingerprint density at radius 3 is 2.61 bits per heavy atom. The molecular weight excluding hydrogens is 226 g/mol. The van der Waals surface area contributed by atoms with Crippen LogP contribution in [0.1, 0.15) is 5.56 Å². The number of fused-ring (bicyclic) bond motifs is 1. The number of imidazole rings is 1. The quantitative estimate of drug-likeness (QED) is 0.745. The van der Waals surface area contributed by atoms with E-state index in [4.69, 9.17) is 5.11 Å². The van der Waals surface area contributed by atoms with Gasteiger partial charge in [-0.2, -0.15) is 0 Å². The van der Waals surface area contributed by atoms with Gasteiger partial charge in [0, 0.05) is 18.8 Å². The largest absolute Gasteiger partial charge is 0.392 e. The van der Waals surface area contributed by atoms with Crippen molar-refractivity contribution in [1.82, 2.24) is 14.5 Å². The van der Waals surface area contributed by atoms with Crippen LogP contribution >= 0.6 is 0 Å². The van der Waals surface area contributed by atoms with Crippen LogP contribution in [0.4, 0.5) is 0 Å². The number of nitrogens with zero attached hydrogens (tertiary/aromatic N) is 3. The average molecular weight is 239 g/mol. The Hall–Kier alpha value is -2.20. The maximum absolute atomic E-state index is 9.04. The van der Waals surface area contributed by atoms with E-state index < -0.39 is 0 Å². The first-order valence-corrected chi connectivity index (χ1v) is 5.77. The Balaban J connectivity index is 2.15. The van der Waals surface area contributed by atoms with Gasteiger partial charge in [0.25, 0.3) is 0 Å². The van der Waals surface area contributed by atoms with Gasteiger partial charge in [0.15, 0.2) is 5.65 Å². The van der Waals surface area contributed by atoms with Crippen LogP contribution in [0.15, 0.2) is 42.6 Å². The molecule has 0 fully saturated rings. The van der Waals surface area contributed by atoms with Gasteiger partial charge in [-0.1, -0.05) is 24.3 Å². The van der Waals surface area contributed by atoms with Crippen LogP contribution < -0.4 is 0 Å². The van der Waals surface area contributed by atoms with E-state index >= 15 is 0 Å². The summed E-state index contributed by atoms with van der Waals surface area (Å²) in [4.78, 5) is 8.90. The molecule has 4 heteroatoms. The van der Waals surface area contributed by atoms with Crippen molar-refractivity contribution in [3.63, 3.8) is 0 Å². The fraction of sp³-hybridized carbons (Fsp3) is 0.143. The first-order valence-electron chi connectivity index (χ1n) is 5.77. The lowest BCUT2D eigenvalue weighted by Gasteiger charge is -2.02. The zero-order chi connectivity index (χ0) is 12.5. The van der Waals surface area contributed by atoms with Gasteiger partial charge in [0.05, 0.1) is 6.61 Å². The highest BCUT2D eigenvalue weighted by Crippen LogP contribution is 2.22. The normalized spacial score (nSPS) is 11.0. The molecule has 2 heterocycles. The summed E-state index contributed by atoms with van der Waals surface area (Å²) in [5.41, 5.74) is 3.68. The van der Waals surface area contributed by atoms with Gasteiger partial charge in [-0.05, 0) is 17.7 Å². The minimum absolute atomic E-state index is 0.0599. The second-order valence-corrected chi connectivity index (χ2v) is 4.20. The number of aryl methyl sites for hydroxylation is 1. The van der Waals surface area contributed by atoms with Crippen LogP contribution in [0.5, 0.6) is 0 Å². The van der Waals surface area contributed by atoms with Crippen molar-refractivity contribution >= 4 is 11.2 Å². The van der Waals surface area contributed by atoms with Crippen molar-refractivity contribution in [3.05, 3.63) is 48.2 Å². The molecule has 18 heavy (non-hydrogen) atoms. The summed E-state index contributed by atoms with van der Waals surface area (Å²) in [6.45, 7) is 0.0599. The molecule has 1 aromatic carbocycles. The Morgan fingerprint density at radius 1 is 1.17 bits per heavy atom. The SMILES string of the molecule is Cn1c(-c2ccc(CO)cc2)nc2cccnc21. The molecule has 0 aliphatic heterocycles. The van der Waals surface area contributed by atoms with Crippen LogP contribution in [0.3, 0.4) is 0 Å². The van der Waals surface area contributed by atoms with Crippen molar-refractivity contribution in [2.75, 3.05) is 0 Å². The van der Waals surface area contributed by atoms with Crippen LogP contribution in [0, 0.1) is 0 Å². The molecular formula is C14H13N3O. The molecule has 3 aromatic rings. The van der Waals surface area contributed by atoms with Gasteiger partial charge in [-0.25, -0.2) is 9.97 Å². The second-order valence-electron chi connectivity index (χ2n) is 4.20. The maximum atomic E-state index is 9.04. The van der Waals surface area contributed by atoms with Gasteiger partial charge < -0.3 is 9.67 Å². The van der Waals surface area contributed by atoms with E-state index in [1.54, 1.807) is 6.20 Å². The molecule has 3 rings (SSSR count). The topological polar surface area (TPSA) is 50.9 Å². The molecule has 0 atom stereocenters. The molecule has 0 amide bonds. The lowest BCUT2D eigenvalue weighted by molar-refractivity contribution is 0.282. The van der Waals surface area contributed by atoms with Gasteiger partial charge in [-0.15, -0.1) is 0 Å². The molecule has 0 aliphatic rings. The fourth-order valence-corrected chi connectivity index (χ4v) is 2.04. The van der Waals surface area contributed by atoms with Crippen LogP contribution in [0.25, 0.3) is 22.6 Å². The Bertz CT molecular complexity index is 686. The molecule has 0 saturated carbocycles. The Morgan fingerprint density at radius 2 is 1.94 bits per heavy atom. The van der Waals surface area contributed by atoms with E-state index in [0.717, 1.165) is 28.1 Å². The highest BCUT2D eigenvalue weighted by atomic mass is 16.3. The van der Waals surface area contributed by atoms with Gasteiger partial charge in [0.2, 0.25) is 0 Å². The first kappa shape index (κ1) is 10.9. The summed E-state index contributed by atoms with van der Waals surface area (Å²) >= 11 is 0. The van der Waals surface area contributed by atoms with Crippen molar-refractivity contribution in [1.29, 1.82) is 0 Å². The molecule has 0 radical (unpaired) electrons. The van der Waals surface area contributed by atoms with Crippen molar-refractivity contribution in [3.8, 4) is 11.4 Å². The summed E-state index contributed by atoms with van der Waals surface area (Å²) in [5, 5.41) is 9.04. The number of aliphatic hydroxyl groups is 1. The number of aromatic nitrogens is 3. The standard InChI is InChI=1S/C14H13N3O/c1-17-13(11-6-4-10(9-18)5-7-11)16-12-3-2-8-15-14(12)17/h2-8,18H,9H2,1H3. The third-order valence-electron chi connectivity index (χ3n) is 3.02. The first-order chi connectivity index (χ1) is 8.79. The number of rotatable bonds is 2. The van der Waals surface area contributed by atoms with E-state index in [2.05, 4.69) is 9.97 Å². The zero-order valence-electron chi connectivity index (χ0n) is 10.0. The molecule has 2 aromatic heterocycles.